The maximum absolute atomic E-state index is 12.8. The van der Waals surface area contributed by atoms with E-state index in [0.717, 1.165) is 29.0 Å². The number of carbonyl (C=O) groups excluding carboxylic acids is 1. The first kappa shape index (κ1) is 17.1. The quantitative estimate of drug-likeness (QED) is 0.877. The van der Waals surface area contributed by atoms with E-state index in [1.165, 1.54) is 12.1 Å². The highest BCUT2D eigenvalue weighted by Gasteiger charge is 2.20. The van der Waals surface area contributed by atoms with E-state index in [1.54, 1.807) is 19.2 Å². The molecule has 132 valence electrons. The van der Waals surface area contributed by atoms with E-state index >= 15 is 0 Å². The maximum Gasteiger partial charge on any atom is 0.315 e. The topological polar surface area (TPSA) is 59.6 Å². The Hall–Kier alpha value is -2.76. The summed E-state index contributed by atoms with van der Waals surface area (Å²) in [5.41, 5.74) is 1.96. The largest absolute Gasteiger partial charge is 0.497 e. The monoisotopic (exact) mass is 344 g/mol. The molecule has 1 atom stereocenters. The van der Waals surface area contributed by atoms with Crippen LogP contribution in [0.3, 0.4) is 0 Å². The molecule has 25 heavy (non-hydrogen) atoms. The van der Waals surface area contributed by atoms with Crippen molar-refractivity contribution in [2.75, 3.05) is 20.3 Å². The van der Waals surface area contributed by atoms with Gasteiger partial charge in [-0.05, 0) is 35.7 Å². The molecule has 0 saturated heterocycles. The first-order valence-corrected chi connectivity index (χ1v) is 8.20. The minimum atomic E-state index is -0.289. The molecule has 0 saturated carbocycles. The van der Waals surface area contributed by atoms with Crippen LogP contribution in [0.1, 0.15) is 11.1 Å². The molecular formula is C19H21FN2O3. The molecule has 0 unspecified atom stereocenters. The van der Waals surface area contributed by atoms with Crippen LogP contribution in [0.4, 0.5) is 9.18 Å². The van der Waals surface area contributed by atoms with Crippen LogP contribution in [0.15, 0.2) is 42.5 Å². The Kier molecular flexibility index (Phi) is 5.38. The van der Waals surface area contributed by atoms with E-state index < -0.39 is 0 Å². The molecule has 3 rings (SSSR count). The highest BCUT2D eigenvalue weighted by molar-refractivity contribution is 5.73. The summed E-state index contributed by atoms with van der Waals surface area (Å²) >= 11 is 0. The maximum atomic E-state index is 12.8. The summed E-state index contributed by atoms with van der Waals surface area (Å²) in [4.78, 5) is 11.9. The Morgan fingerprint density at radius 2 is 2.04 bits per heavy atom. The number of ether oxygens (including phenoxy) is 2. The molecule has 0 aromatic heterocycles. The molecule has 6 heteroatoms. The Labute approximate surface area is 146 Å². The Balaban J connectivity index is 1.44. The highest BCUT2D eigenvalue weighted by atomic mass is 19.1. The molecule has 0 spiro atoms. The molecule has 2 amide bonds. The molecule has 5 nitrogen and oxygen atoms in total. The van der Waals surface area contributed by atoms with E-state index in [1.807, 2.05) is 18.2 Å². The van der Waals surface area contributed by atoms with Gasteiger partial charge in [0.25, 0.3) is 0 Å². The van der Waals surface area contributed by atoms with Gasteiger partial charge in [-0.15, -0.1) is 0 Å². The number of urea groups is 1. The standard InChI is InChI=1S/C19H21FN2O3/c1-24-17-7-4-15-8-14(12-25-18(15)9-17)11-22-19(23)21-10-13-2-5-16(20)6-3-13/h2-7,9,14H,8,10-12H2,1H3,(H2,21,22,23)/t14-/m0/s1. The van der Waals surface area contributed by atoms with Crippen LogP contribution in [0, 0.1) is 11.7 Å². The lowest BCUT2D eigenvalue weighted by Crippen LogP contribution is -2.40. The normalized spacial score (nSPS) is 15.7. The van der Waals surface area contributed by atoms with Crippen LogP contribution in [-0.2, 0) is 13.0 Å². The lowest BCUT2D eigenvalue weighted by atomic mass is 9.96. The summed E-state index contributed by atoms with van der Waals surface area (Å²) in [6.07, 6.45) is 0.845. The third-order valence-corrected chi connectivity index (χ3v) is 4.18. The number of hydrogen-bond donors (Lipinski definition) is 2. The first-order valence-electron chi connectivity index (χ1n) is 8.20. The molecule has 1 aliphatic heterocycles. The molecule has 2 aromatic carbocycles. The lowest BCUT2D eigenvalue weighted by molar-refractivity contribution is 0.210. The first-order chi connectivity index (χ1) is 12.1. The average Bonchev–Trinajstić information content (AvgIpc) is 2.65. The molecule has 2 aromatic rings. The van der Waals surface area contributed by atoms with Crippen molar-refractivity contribution in [3.05, 3.63) is 59.4 Å². The van der Waals surface area contributed by atoms with Crippen molar-refractivity contribution in [2.45, 2.75) is 13.0 Å². The van der Waals surface area contributed by atoms with Crippen LogP contribution in [0.5, 0.6) is 11.5 Å². The summed E-state index contributed by atoms with van der Waals surface area (Å²) in [5.74, 6) is 1.55. The van der Waals surface area contributed by atoms with Crippen LogP contribution in [0.2, 0.25) is 0 Å². The van der Waals surface area contributed by atoms with Gasteiger partial charge in [-0.3, -0.25) is 0 Å². The van der Waals surface area contributed by atoms with Gasteiger partial charge in [0, 0.05) is 25.1 Å². The number of halogens is 1. The number of hydrogen-bond acceptors (Lipinski definition) is 3. The van der Waals surface area contributed by atoms with Crippen molar-refractivity contribution in [1.82, 2.24) is 10.6 Å². The predicted octanol–water partition coefficient (Wildman–Crippen LogP) is 2.88. The third kappa shape index (κ3) is 4.62. The van der Waals surface area contributed by atoms with Crippen LogP contribution < -0.4 is 20.1 Å². The SMILES string of the molecule is COc1ccc2c(c1)OC[C@H](CNC(=O)NCc1ccc(F)cc1)C2. The number of amides is 2. The van der Waals surface area contributed by atoms with E-state index in [4.69, 9.17) is 9.47 Å². The minimum absolute atomic E-state index is 0.220. The number of fused-ring (bicyclic) bond motifs is 1. The van der Waals surface area contributed by atoms with Crippen LogP contribution in [-0.4, -0.2) is 26.3 Å². The smallest absolute Gasteiger partial charge is 0.315 e. The van der Waals surface area contributed by atoms with Crippen molar-refractivity contribution >= 4 is 6.03 Å². The van der Waals surface area contributed by atoms with Gasteiger partial charge >= 0.3 is 6.03 Å². The number of methoxy groups -OCH3 is 1. The van der Waals surface area contributed by atoms with E-state index in [0.29, 0.717) is 19.7 Å². The Morgan fingerprint density at radius 3 is 2.80 bits per heavy atom. The third-order valence-electron chi connectivity index (χ3n) is 4.18. The van der Waals surface area contributed by atoms with Gasteiger partial charge in [-0.25, -0.2) is 9.18 Å². The van der Waals surface area contributed by atoms with Gasteiger partial charge < -0.3 is 20.1 Å². The fourth-order valence-electron chi connectivity index (χ4n) is 2.76. The Morgan fingerprint density at radius 1 is 1.24 bits per heavy atom. The second kappa shape index (κ2) is 7.88. The zero-order valence-corrected chi connectivity index (χ0v) is 14.0. The van der Waals surface area contributed by atoms with Crippen LogP contribution >= 0.6 is 0 Å². The zero-order valence-electron chi connectivity index (χ0n) is 14.0. The van der Waals surface area contributed by atoms with Crippen LogP contribution in [0.25, 0.3) is 0 Å². The minimum Gasteiger partial charge on any atom is -0.497 e. The highest BCUT2D eigenvalue weighted by Crippen LogP contribution is 2.30. The Bertz CT molecular complexity index is 734. The zero-order chi connectivity index (χ0) is 17.6. The summed E-state index contributed by atoms with van der Waals surface area (Å²) in [7, 11) is 1.63. The number of carbonyl (C=O) groups is 1. The molecule has 1 heterocycles. The molecule has 0 radical (unpaired) electrons. The van der Waals surface area contributed by atoms with Crippen molar-refractivity contribution in [2.24, 2.45) is 5.92 Å². The fourth-order valence-corrected chi connectivity index (χ4v) is 2.76. The molecule has 0 aliphatic carbocycles. The van der Waals surface area contributed by atoms with Gasteiger partial charge in [0.2, 0.25) is 0 Å². The molecular weight excluding hydrogens is 323 g/mol. The second-order valence-corrected chi connectivity index (χ2v) is 6.04. The van der Waals surface area contributed by atoms with Crippen molar-refractivity contribution < 1.29 is 18.7 Å². The summed E-state index contributed by atoms with van der Waals surface area (Å²) in [6.45, 7) is 1.44. The van der Waals surface area contributed by atoms with Gasteiger partial charge in [-0.1, -0.05) is 18.2 Å². The fraction of sp³-hybridized carbons (Fsp3) is 0.316. The average molecular weight is 344 g/mol. The summed E-state index contributed by atoms with van der Waals surface area (Å²) in [6, 6.07) is 11.6. The van der Waals surface area contributed by atoms with Crippen molar-refractivity contribution in [3.63, 3.8) is 0 Å². The molecule has 1 aliphatic rings. The molecule has 2 N–H and O–H groups in total. The summed E-state index contributed by atoms with van der Waals surface area (Å²) in [5, 5.41) is 5.62. The van der Waals surface area contributed by atoms with Crippen molar-refractivity contribution in [1.29, 1.82) is 0 Å². The number of benzene rings is 2. The van der Waals surface area contributed by atoms with Gasteiger partial charge in [-0.2, -0.15) is 0 Å². The number of nitrogens with one attached hydrogen (secondary N) is 2. The summed E-state index contributed by atoms with van der Waals surface area (Å²) < 4.78 is 23.8. The lowest BCUT2D eigenvalue weighted by Gasteiger charge is -2.25. The van der Waals surface area contributed by atoms with Gasteiger partial charge in [0.1, 0.15) is 17.3 Å². The number of rotatable bonds is 5. The predicted molar refractivity (Wildman–Crippen MR) is 92.3 cm³/mol. The van der Waals surface area contributed by atoms with Gasteiger partial charge in [0.15, 0.2) is 0 Å². The second-order valence-electron chi connectivity index (χ2n) is 6.04. The molecule has 0 bridgehead atoms. The van der Waals surface area contributed by atoms with Crippen molar-refractivity contribution in [3.8, 4) is 11.5 Å². The van der Waals surface area contributed by atoms with E-state index in [-0.39, 0.29) is 17.8 Å². The van der Waals surface area contributed by atoms with E-state index in [2.05, 4.69) is 10.6 Å². The molecule has 0 fully saturated rings. The van der Waals surface area contributed by atoms with E-state index in [9.17, 15) is 9.18 Å². The van der Waals surface area contributed by atoms with Gasteiger partial charge in [0.05, 0.1) is 13.7 Å².